The molecule has 2 aromatic carbocycles. The van der Waals surface area contributed by atoms with Crippen molar-refractivity contribution in [2.75, 3.05) is 4.90 Å². The van der Waals surface area contributed by atoms with E-state index >= 15 is 0 Å². The Morgan fingerprint density at radius 1 is 1.14 bits per heavy atom. The van der Waals surface area contributed by atoms with Crippen LogP contribution in [0.1, 0.15) is 22.0 Å². The lowest BCUT2D eigenvalue weighted by Crippen LogP contribution is -2.29. The highest BCUT2D eigenvalue weighted by Crippen LogP contribution is 2.43. The SMILES string of the molecule is Cc1cc(/C(O)=C2/C(=O)C(=O)N(c3cccc(Cl)c3)C2c2cccs2)ccc1F. The number of carbonyl (C=O) groups excluding carboxylic acids is 2. The number of halogens is 2. The molecule has 1 fully saturated rings. The third-order valence-corrected chi connectivity index (χ3v) is 5.93. The second-order valence-electron chi connectivity index (χ2n) is 6.63. The molecule has 1 aromatic heterocycles. The minimum atomic E-state index is -0.807. The Balaban J connectivity index is 1.94. The van der Waals surface area contributed by atoms with Crippen molar-refractivity contribution < 1.29 is 19.1 Å². The average molecular weight is 428 g/mol. The molecule has 0 saturated carbocycles. The lowest BCUT2D eigenvalue weighted by Gasteiger charge is -2.24. The summed E-state index contributed by atoms with van der Waals surface area (Å²) < 4.78 is 13.7. The topological polar surface area (TPSA) is 57.6 Å². The fourth-order valence-corrected chi connectivity index (χ4v) is 4.40. The lowest BCUT2D eigenvalue weighted by molar-refractivity contribution is -0.132. The number of anilines is 1. The number of Topliss-reactive ketones (excluding diaryl/α,β-unsaturated/α-hetero) is 1. The van der Waals surface area contributed by atoms with Crippen LogP contribution >= 0.6 is 22.9 Å². The first-order valence-corrected chi connectivity index (χ1v) is 10.0. The number of aliphatic hydroxyl groups is 1. The number of rotatable bonds is 3. The fourth-order valence-electron chi connectivity index (χ4n) is 3.39. The van der Waals surface area contributed by atoms with Crippen LogP contribution in [-0.2, 0) is 9.59 Å². The number of thiophene rings is 1. The maximum atomic E-state index is 13.7. The molecule has 3 aromatic rings. The van der Waals surface area contributed by atoms with Crippen molar-refractivity contribution in [1.29, 1.82) is 0 Å². The third-order valence-electron chi connectivity index (χ3n) is 4.77. The first kappa shape index (κ1) is 19.4. The molecule has 0 radical (unpaired) electrons. The molecule has 29 heavy (non-hydrogen) atoms. The molecule has 146 valence electrons. The summed E-state index contributed by atoms with van der Waals surface area (Å²) in [7, 11) is 0. The summed E-state index contributed by atoms with van der Waals surface area (Å²) in [5.41, 5.74) is 1.01. The summed E-state index contributed by atoms with van der Waals surface area (Å²) in [5, 5.41) is 13.2. The normalized spacial score (nSPS) is 18.4. The quantitative estimate of drug-likeness (QED) is 0.342. The summed E-state index contributed by atoms with van der Waals surface area (Å²) in [6, 6.07) is 13.5. The molecule has 1 N–H and O–H groups in total. The predicted octanol–water partition coefficient (Wildman–Crippen LogP) is 5.48. The Labute approximate surface area is 175 Å². The third kappa shape index (κ3) is 3.34. The number of ketones is 1. The summed E-state index contributed by atoms with van der Waals surface area (Å²) in [6.07, 6.45) is 0. The largest absolute Gasteiger partial charge is 0.507 e. The summed E-state index contributed by atoms with van der Waals surface area (Å²) in [6.45, 7) is 1.56. The van der Waals surface area contributed by atoms with Crippen molar-refractivity contribution in [2.24, 2.45) is 0 Å². The number of amides is 1. The Bertz CT molecular complexity index is 1160. The highest BCUT2D eigenvalue weighted by Gasteiger charge is 2.47. The Morgan fingerprint density at radius 2 is 1.93 bits per heavy atom. The van der Waals surface area contributed by atoms with Gasteiger partial charge in [0.05, 0.1) is 5.57 Å². The number of carbonyl (C=O) groups is 2. The van der Waals surface area contributed by atoms with Gasteiger partial charge in [-0.3, -0.25) is 14.5 Å². The van der Waals surface area contributed by atoms with E-state index in [1.54, 1.807) is 43.3 Å². The molecule has 1 unspecified atom stereocenters. The molecule has 1 aliphatic rings. The highest BCUT2D eigenvalue weighted by molar-refractivity contribution is 7.10. The standard InChI is InChI=1S/C22H15ClFNO3S/c1-12-10-13(7-8-16(12)24)20(26)18-19(17-6-3-9-29-17)25(22(28)21(18)27)15-5-2-4-14(23)11-15/h2-11,19,26H,1H3/b20-18-. The number of nitrogens with zero attached hydrogens (tertiary/aromatic N) is 1. The minimum absolute atomic E-state index is 0.0385. The molecule has 0 aliphatic carbocycles. The van der Waals surface area contributed by atoms with E-state index in [2.05, 4.69) is 0 Å². The molecule has 1 aliphatic heterocycles. The zero-order valence-electron chi connectivity index (χ0n) is 15.2. The van der Waals surface area contributed by atoms with E-state index in [0.29, 0.717) is 21.2 Å². The zero-order valence-corrected chi connectivity index (χ0v) is 16.8. The summed E-state index contributed by atoms with van der Waals surface area (Å²) >= 11 is 7.45. The van der Waals surface area contributed by atoms with Crippen LogP contribution in [0.4, 0.5) is 10.1 Å². The summed E-state index contributed by atoms with van der Waals surface area (Å²) in [5.74, 6) is -2.32. The molecule has 1 atom stereocenters. The maximum Gasteiger partial charge on any atom is 0.300 e. The number of aryl methyl sites for hydroxylation is 1. The van der Waals surface area contributed by atoms with Crippen LogP contribution in [0.25, 0.3) is 5.76 Å². The monoisotopic (exact) mass is 427 g/mol. The molecule has 1 saturated heterocycles. The fraction of sp³-hybridized carbons (Fsp3) is 0.0909. The molecule has 1 amide bonds. The smallest absolute Gasteiger partial charge is 0.300 e. The maximum absolute atomic E-state index is 13.7. The molecule has 0 spiro atoms. The number of aliphatic hydroxyl groups excluding tert-OH is 1. The van der Waals surface area contributed by atoms with Gasteiger partial charge in [-0.05, 0) is 60.3 Å². The van der Waals surface area contributed by atoms with Gasteiger partial charge in [-0.2, -0.15) is 0 Å². The van der Waals surface area contributed by atoms with Crippen LogP contribution in [-0.4, -0.2) is 16.8 Å². The Morgan fingerprint density at radius 3 is 2.59 bits per heavy atom. The van der Waals surface area contributed by atoms with Gasteiger partial charge in [0.1, 0.15) is 17.6 Å². The van der Waals surface area contributed by atoms with Crippen molar-refractivity contribution in [3.8, 4) is 0 Å². The van der Waals surface area contributed by atoms with Crippen molar-refractivity contribution in [3.05, 3.63) is 92.4 Å². The average Bonchev–Trinajstić information content (AvgIpc) is 3.31. The molecule has 7 heteroatoms. The highest BCUT2D eigenvalue weighted by atomic mass is 35.5. The van der Waals surface area contributed by atoms with Crippen molar-refractivity contribution in [3.63, 3.8) is 0 Å². The van der Waals surface area contributed by atoms with E-state index < -0.39 is 23.5 Å². The second kappa shape index (κ2) is 7.46. The van der Waals surface area contributed by atoms with Gasteiger partial charge < -0.3 is 5.11 Å². The zero-order chi connectivity index (χ0) is 20.7. The van der Waals surface area contributed by atoms with Gasteiger partial charge in [-0.1, -0.05) is 23.7 Å². The number of hydrogen-bond donors (Lipinski definition) is 1. The van der Waals surface area contributed by atoms with Crippen molar-refractivity contribution in [2.45, 2.75) is 13.0 Å². The van der Waals surface area contributed by atoms with Crippen molar-refractivity contribution >= 4 is 46.1 Å². The van der Waals surface area contributed by atoms with Crippen LogP contribution in [0.2, 0.25) is 5.02 Å². The summed E-state index contributed by atoms with van der Waals surface area (Å²) in [4.78, 5) is 27.9. The van der Waals surface area contributed by atoms with Gasteiger partial charge in [0.15, 0.2) is 0 Å². The van der Waals surface area contributed by atoms with Gasteiger partial charge in [0, 0.05) is 21.2 Å². The number of hydrogen-bond acceptors (Lipinski definition) is 4. The molecule has 4 nitrogen and oxygen atoms in total. The van der Waals surface area contributed by atoms with Gasteiger partial charge in [-0.15, -0.1) is 11.3 Å². The van der Waals surface area contributed by atoms with E-state index in [4.69, 9.17) is 11.6 Å². The van der Waals surface area contributed by atoms with E-state index in [1.807, 2.05) is 5.38 Å². The van der Waals surface area contributed by atoms with Crippen molar-refractivity contribution in [1.82, 2.24) is 0 Å². The molecule has 4 rings (SSSR count). The predicted molar refractivity (Wildman–Crippen MR) is 112 cm³/mol. The first-order chi connectivity index (χ1) is 13.9. The number of benzene rings is 2. The molecule has 2 heterocycles. The van der Waals surface area contributed by atoms with E-state index in [0.717, 1.165) is 0 Å². The van der Waals surface area contributed by atoms with E-state index in [9.17, 15) is 19.1 Å². The molecular weight excluding hydrogens is 413 g/mol. The van der Waals surface area contributed by atoms with Gasteiger partial charge in [0.25, 0.3) is 11.7 Å². The van der Waals surface area contributed by atoms with Crippen LogP contribution in [0.3, 0.4) is 0 Å². The van der Waals surface area contributed by atoms with Crippen LogP contribution in [0, 0.1) is 12.7 Å². The van der Waals surface area contributed by atoms with E-state index in [-0.39, 0.29) is 16.9 Å². The Kier molecular flexibility index (Phi) is 4.98. The molecule has 0 bridgehead atoms. The minimum Gasteiger partial charge on any atom is -0.507 e. The second-order valence-corrected chi connectivity index (χ2v) is 8.04. The Hall–Kier alpha value is -2.96. The van der Waals surface area contributed by atoms with Gasteiger partial charge >= 0.3 is 0 Å². The van der Waals surface area contributed by atoms with Gasteiger partial charge in [-0.25, -0.2) is 4.39 Å². The first-order valence-electron chi connectivity index (χ1n) is 8.75. The van der Waals surface area contributed by atoms with Gasteiger partial charge in [0.2, 0.25) is 0 Å². The lowest BCUT2D eigenvalue weighted by atomic mass is 9.99. The van der Waals surface area contributed by atoms with Crippen LogP contribution in [0.5, 0.6) is 0 Å². The molecular formula is C22H15ClFNO3S. The van der Waals surface area contributed by atoms with E-state index in [1.165, 1.54) is 34.4 Å². The van der Waals surface area contributed by atoms with Crippen LogP contribution in [0.15, 0.2) is 65.6 Å². The van der Waals surface area contributed by atoms with Crippen LogP contribution < -0.4 is 4.90 Å².